The van der Waals surface area contributed by atoms with E-state index in [4.69, 9.17) is 0 Å². The fraction of sp³-hybridized carbons (Fsp3) is 0.286. The SMILES string of the molecule is CN(C)Sc1ccc2c(c1)N(c1ncc(-c3ccccn3)cn1)CC21CC1. The minimum atomic E-state index is 0.305. The van der Waals surface area contributed by atoms with E-state index >= 15 is 0 Å². The van der Waals surface area contributed by atoms with Crippen molar-refractivity contribution in [3.63, 3.8) is 0 Å². The van der Waals surface area contributed by atoms with Crippen LogP contribution >= 0.6 is 11.9 Å². The van der Waals surface area contributed by atoms with Crippen LogP contribution in [0.3, 0.4) is 0 Å². The third kappa shape index (κ3) is 2.99. The predicted molar refractivity (Wildman–Crippen MR) is 109 cm³/mol. The lowest BCUT2D eigenvalue weighted by Gasteiger charge is -2.18. The molecule has 3 heterocycles. The number of nitrogens with zero attached hydrogens (tertiary/aromatic N) is 5. The Labute approximate surface area is 163 Å². The summed E-state index contributed by atoms with van der Waals surface area (Å²) < 4.78 is 2.12. The van der Waals surface area contributed by atoms with E-state index < -0.39 is 0 Å². The van der Waals surface area contributed by atoms with Crippen LogP contribution < -0.4 is 4.90 Å². The fourth-order valence-corrected chi connectivity index (χ4v) is 4.52. The summed E-state index contributed by atoms with van der Waals surface area (Å²) in [7, 11) is 4.13. The number of hydrogen-bond donors (Lipinski definition) is 0. The maximum absolute atomic E-state index is 4.68. The molecule has 1 aromatic carbocycles. The van der Waals surface area contributed by atoms with E-state index in [-0.39, 0.29) is 0 Å². The third-order valence-corrected chi connectivity index (χ3v) is 6.10. The standard InChI is InChI=1S/C21H21N5S/c1-25(2)27-16-6-7-17-19(11-16)26(14-21(17)8-9-21)20-23-12-15(13-24-20)18-5-3-4-10-22-18/h3-7,10-13H,8-9,14H2,1-2H3. The molecule has 2 aliphatic rings. The molecule has 1 aliphatic heterocycles. The summed E-state index contributed by atoms with van der Waals surface area (Å²) >= 11 is 1.74. The van der Waals surface area contributed by atoms with Crippen molar-refractivity contribution in [2.75, 3.05) is 25.5 Å². The number of aromatic nitrogens is 3. The minimum absolute atomic E-state index is 0.305. The van der Waals surface area contributed by atoms with Gasteiger partial charge in [0.1, 0.15) is 0 Å². The largest absolute Gasteiger partial charge is 0.309 e. The summed E-state index contributed by atoms with van der Waals surface area (Å²) in [5, 5.41) is 0. The highest BCUT2D eigenvalue weighted by molar-refractivity contribution is 7.97. The van der Waals surface area contributed by atoms with Crippen LogP contribution in [0.25, 0.3) is 11.3 Å². The number of anilines is 2. The average Bonchev–Trinajstić information content (AvgIpc) is 3.40. The number of benzene rings is 1. The van der Waals surface area contributed by atoms with Gasteiger partial charge in [0.05, 0.1) is 5.69 Å². The Morgan fingerprint density at radius 3 is 2.52 bits per heavy atom. The summed E-state index contributed by atoms with van der Waals surface area (Å²) in [6.45, 7) is 0.974. The first-order valence-electron chi connectivity index (χ1n) is 9.15. The van der Waals surface area contributed by atoms with Crippen molar-refractivity contribution in [1.29, 1.82) is 0 Å². The van der Waals surface area contributed by atoms with E-state index in [0.717, 1.165) is 23.8 Å². The van der Waals surface area contributed by atoms with Gasteiger partial charge in [0, 0.05) is 46.7 Å². The molecule has 5 nitrogen and oxygen atoms in total. The van der Waals surface area contributed by atoms with Crippen LogP contribution in [-0.2, 0) is 5.41 Å². The molecule has 27 heavy (non-hydrogen) atoms. The van der Waals surface area contributed by atoms with Gasteiger partial charge >= 0.3 is 0 Å². The van der Waals surface area contributed by atoms with E-state index in [2.05, 4.69) is 56.5 Å². The van der Waals surface area contributed by atoms with Crippen LogP contribution in [0.4, 0.5) is 11.6 Å². The van der Waals surface area contributed by atoms with Crippen LogP contribution in [0.15, 0.2) is 59.9 Å². The first-order valence-corrected chi connectivity index (χ1v) is 9.93. The molecule has 6 heteroatoms. The quantitative estimate of drug-likeness (QED) is 0.634. The van der Waals surface area contributed by atoms with Gasteiger partial charge in [-0.2, -0.15) is 0 Å². The monoisotopic (exact) mass is 375 g/mol. The molecular formula is C21H21N5S. The molecule has 0 saturated heterocycles. The van der Waals surface area contributed by atoms with E-state index in [1.165, 1.54) is 29.0 Å². The topological polar surface area (TPSA) is 45.2 Å². The summed E-state index contributed by atoms with van der Waals surface area (Å²) in [6, 6.07) is 12.7. The van der Waals surface area contributed by atoms with Gasteiger partial charge in [0.15, 0.2) is 0 Å². The second-order valence-electron chi connectivity index (χ2n) is 7.44. The van der Waals surface area contributed by atoms with Crippen LogP contribution in [0.1, 0.15) is 18.4 Å². The van der Waals surface area contributed by atoms with Crippen molar-refractivity contribution in [2.45, 2.75) is 23.2 Å². The smallest absolute Gasteiger partial charge is 0.229 e. The van der Waals surface area contributed by atoms with E-state index in [1.54, 1.807) is 18.1 Å². The lowest BCUT2D eigenvalue weighted by Crippen LogP contribution is -2.21. The predicted octanol–water partition coefficient (Wildman–Crippen LogP) is 4.29. The van der Waals surface area contributed by atoms with Gasteiger partial charge in [-0.05, 0) is 68.7 Å². The van der Waals surface area contributed by atoms with E-state index in [9.17, 15) is 0 Å². The third-order valence-electron chi connectivity index (χ3n) is 5.27. The van der Waals surface area contributed by atoms with Crippen LogP contribution in [-0.4, -0.2) is 39.9 Å². The number of fused-ring (bicyclic) bond motifs is 2. The van der Waals surface area contributed by atoms with Crippen molar-refractivity contribution in [2.24, 2.45) is 0 Å². The lowest BCUT2D eigenvalue weighted by molar-refractivity contribution is 0.702. The molecule has 1 fully saturated rings. The molecule has 3 aromatic rings. The highest BCUT2D eigenvalue weighted by Gasteiger charge is 2.52. The molecule has 2 aromatic heterocycles. The van der Waals surface area contributed by atoms with Crippen LogP contribution in [0.5, 0.6) is 0 Å². The molecule has 5 rings (SSSR count). The molecule has 136 valence electrons. The minimum Gasteiger partial charge on any atom is -0.309 e. The number of pyridine rings is 1. The maximum atomic E-state index is 4.68. The summed E-state index contributed by atoms with van der Waals surface area (Å²) in [6.07, 6.45) is 8.05. The fourth-order valence-electron chi connectivity index (χ4n) is 3.81. The number of hydrogen-bond acceptors (Lipinski definition) is 6. The first-order chi connectivity index (χ1) is 13.1. The van der Waals surface area contributed by atoms with Gasteiger partial charge in [0.2, 0.25) is 5.95 Å². The van der Waals surface area contributed by atoms with Gasteiger partial charge in [-0.1, -0.05) is 12.1 Å². The zero-order chi connectivity index (χ0) is 18.4. The lowest BCUT2D eigenvalue weighted by atomic mass is 9.99. The van der Waals surface area contributed by atoms with Crippen molar-refractivity contribution in [1.82, 2.24) is 19.3 Å². The first kappa shape index (κ1) is 16.7. The van der Waals surface area contributed by atoms with E-state index in [0.29, 0.717) is 5.41 Å². The Morgan fingerprint density at radius 1 is 1.04 bits per heavy atom. The van der Waals surface area contributed by atoms with E-state index in [1.807, 2.05) is 30.6 Å². The molecule has 0 bridgehead atoms. The average molecular weight is 376 g/mol. The van der Waals surface area contributed by atoms with Gasteiger partial charge < -0.3 is 4.90 Å². The molecule has 0 N–H and O–H groups in total. The Morgan fingerprint density at radius 2 is 1.85 bits per heavy atom. The normalized spacial score (nSPS) is 16.8. The highest BCUT2D eigenvalue weighted by atomic mass is 32.2. The highest BCUT2D eigenvalue weighted by Crippen LogP contribution is 2.58. The summed E-state index contributed by atoms with van der Waals surface area (Å²) in [4.78, 5) is 17.3. The zero-order valence-electron chi connectivity index (χ0n) is 15.5. The number of rotatable bonds is 4. The van der Waals surface area contributed by atoms with Crippen LogP contribution in [0, 0.1) is 0 Å². The summed E-state index contributed by atoms with van der Waals surface area (Å²) in [5.74, 6) is 0.770. The van der Waals surface area contributed by atoms with Gasteiger partial charge in [-0.3, -0.25) is 9.29 Å². The van der Waals surface area contributed by atoms with Crippen molar-refractivity contribution < 1.29 is 0 Å². The maximum Gasteiger partial charge on any atom is 0.229 e. The van der Waals surface area contributed by atoms with Crippen molar-refractivity contribution >= 4 is 23.6 Å². The molecule has 1 spiro atoms. The molecule has 1 saturated carbocycles. The molecule has 0 unspecified atom stereocenters. The molecule has 0 amide bonds. The second-order valence-corrected chi connectivity index (χ2v) is 8.82. The Bertz CT molecular complexity index is 968. The van der Waals surface area contributed by atoms with Crippen molar-refractivity contribution in [3.05, 3.63) is 60.6 Å². The molecule has 0 radical (unpaired) electrons. The Hall–Kier alpha value is -2.44. The van der Waals surface area contributed by atoms with Gasteiger partial charge in [0.25, 0.3) is 0 Å². The molecule has 1 aliphatic carbocycles. The zero-order valence-corrected chi connectivity index (χ0v) is 16.3. The Balaban J connectivity index is 1.50. The second kappa shape index (κ2) is 6.32. The Kier molecular flexibility index (Phi) is 3.91. The summed E-state index contributed by atoms with van der Waals surface area (Å²) in [5.41, 5.74) is 4.85. The van der Waals surface area contributed by atoms with Crippen molar-refractivity contribution in [3.8, 4) is 11.3 Å². The van der Waals surface area contributed by atoms with Crippen LogP contribution in [0.2, 0.25) is 0 Å². The van der Waals surface area contributed by atoms with Gasteiger partial charge in [-0.25, -0.2) is 9.97 Å². The molecular weight excluding hydrogens is 354 g/mol. The molecule has 0 atom stereocenters. The van der Waals surface area contributed by atoms with Gasteiger partial charge in [-0.15, -0.1) is 0 Å².